The molecule has 1 aromatic heterocycles. The number of nitrogens with two attached hydrogens (primary N) is 1. The van der Waals surface area contributed by atoms with Crippen LogP contribution in [0.15, 0.2) is 12.4 Å². The number of aromatic nitrogens is 2. The molecule has 1 heterocycles. The second-order valence-corrected chi connectivity index (χ2v) is 4.36. The highest BCUT2D eigenvalue weighted by molar-refractivity contribution is 5.07. The van der Waals surface area contributed by atoms with Crippen molar-refractivity contribution in [2.24, 2.45) is 5.73 Å². The molecule has 16 heavy (non-hydrogen) atoms. The lowest BCUT2D eigenvalue weighted by Gasteiger charge is -2.19. The number of nitrogens with zero attached hydrogens (tertiary/aromatic N) is 2. The lowest BCUT2D eigenvalue weighted by molar-refractivity contribution is -0.0168. The molecule has 0 saturated heterocycles. The summed E-state index contributed by atoms with van der Waals surface area (Å²) in [5.74, 6) is 0.487. The molecule has 0 amide bonds. The summed E-state index contributed by atoms with van der Waals surface area (Å²) in [5.41, 5.74) is 6.02. The van der Waals surface area contributed by atoms with E-state index >= 15 is 0 Å². The molecule has 0 aliphatic rings. The largest absolute Gasteiger partial charge is 0.474 e. The third-order valence-electron chi connectivity index (χ3n) is 1.74. The second kappa shape index (κ2) is 5.77. The number of rotatable bonds is 5. The Morgan fingerprint density at radius 1 is 1.25 bits per heavy atom. The number of hydrogen-bond donors (Lipinski definition) is 1. The van der Waals surface area contributed by atoms with Crippen molar-refractivity contribution >= 4 is 0 Å². The lowest BCUT2D eigenvalue weighted by Crippen LogP contribution is -2.22. The standard InChI is InChI=1S/C11H19N3O2/c1-11(2,3)16-5-4-15-10-8-13-7-9(6-12)14-10/h7-8H,4-6,12H2,1-3H3. The van der Waals surface area contributed by atoms with E-state index in [0.717, 1.165) is 0 Å². The van der Waals surface area contributed by atoms with Gasteiger partial charge in [-0.3, -0.25) is 4.98 Å². The summed E-state index contributed by atoms with van der Waals surface area (Å²) in [5, 5.41) is 0. The SMILES string of the molecule is CC(C)(C)OCCOc1cncc(CN)n1. The molecular formula is C11H19N3O2. The third-order valence-corrected chi connectivity index (χ3v) is 1.74. The van der Waals surface area contributed by atoms with Crippen LogP contribution in [0, 0.1) is 0 Å². The van der Waals surface area contributed by atoms with Gasteiger partial charge < -0.3 is 15.2 Å². The summed E-state index contributed by atoms with van der Waals surface area (Å²) < 4.78 is 10.9. The molecule has 0 aromatic carbocycles. The Kier molecular flexibility index (Phi) is 4.64. The van der Waals surface area contributed by atoms with E-state index in [1.807, 2.05) is 20.8 Å². The Labute approximate surface area is 96.0 Å². The lowest BCUT2D eigenvalue weighted by atomic mass is 10.2. The topological polar surface area (TPSA) is 70.3 Å². The van der Waals surface area contributed by atoms with Gasteiger partial charge in [-0.15, -0.1) is 0 Å². The quantitative estimate of drug-likeness (QED) is 0.761. The Morgan fingerprint density at radius 2 is 2.00 bits per heavy atom. The molecule has 0 fully saturated rings. The minimum absolute atomic E-state index is 0.145. The van der Waals surface area contributed by atoms with Crippen LogP contribution in [0.5, 0.6) is 5.88 Å². The van der Waals surface area contributed by atoms with E-state index in [0.29, 0.717) is 31.3 Å². The maximum absolute atomic E-state index is 5.51. The molecule has 0 saturated carbocycles. The van der Waals surface area contributed by atoms with Crippen LogP contribution in [-0.2, 0) is 11.3 Å². The second-order valence-electron chi connectivity index (χ2n) is 4.36. The molecule has 2 N–H and O–H groups in total. The van der Waals surface area contributed by atoms with Crippen molar-refractivity contribution in [1.29, 1.82) is 0 Å². The minimum Gasteiger partial charge on any atom is -0.474 e. The van der Waals surface area contributed by atoms with Crippen LogP contribution in [0.3, 0.4) is 0 Å². The van der Waals surface area contributed by atoms with Gasteiger partial charge >= 0.3 is 0 Å². The van der Waals surface area contributed by atoms with Gasteiger partial charge in [0.05, 0.1) is 24.1 Å². The third kappa shape index (κ3) is 5.04. The van der Waals surface area contributed by atoms with E-state index in [1.54, 1.807) is 12.4 Å². The van der Waals surface area contributed by atoms with Crippen LogP contribution >= 0.6 is 0 Å². The van der Waals surface area contributed by atoms with Crippen molar-refractivity contribution in [2.45, 2.75) is 32.9 Å². The summed E-state index contributed by atoms with van der Waals surface area (Å²) in [4.78, 5) is 8.13. The average Bonchev–Trinajstić information content (AvgIpc) is 2.23. The van der Waals surface area contributed by atoms with Gasteiger partial charge in [-0.05, 0) is 20.8 Å². The first-order valence-corrected chi connectivity index (χ1v) is 5.29. The first-order valence-electron chi connectivity index (χ1n) is 5.29. The minimum atomic E-state index is -0.145. The van der Waals surface area contributed by atoms with Gasteiger partial charge in [0, 0.05) is 12.7 Å². The molecule has 1 aromatic rings. The molecule has 0 unspecified atom stereocenters. The van der Waals surface area contributed by atoms with Crippen molar-refractivity contribution in [3.63, 3.8) is 0 Å². The van der Waals surface area contributed by atoms with E-state index in [4.69, 9.17) is 15.2 Å². The van der Waals surface area contributed by atoms with Crippen LogP contribution in [0.25, 0.3) is 0 Å². The number of hydrogen-bond acceptors (Lipinski definition) is 5. The van der Waals surface area contributed by atoms with Gasteiger partial charge in [0.1, 0.15) is 6.61 Å². The average molecular weight is 225 g/mol. The monoisotopic (exact) mass is 225 g/mol. The zero-order valence-electron chi connectivity index (χ0n) is 10.1. The molecule has 90 valence electrons. The summed E-state index contributed by atoms with van der Waals surface area (Å²) in [6.45, 7) is 7.35. The first-order chi connectivity index (χ1) is 7.51. The molecule has 0 atom stereocenters. The molecular weight excluding hydrogens is 206 g/mol. The molecule has 0 spiro atoms. The highest BCUT2D eigenvalue weighted by atomic mass is 16.5. The first kappa shape index (κ1) is 12.9. The van der Waals surface area contributed by atoms with Crippen molar-refractivity contribution in [3.05, 3.63) is 18.1 Å². The van der Waals surface area contributed by atoms with Gasteiger partial charge in [0.25, 0.3) is 0 Å². The van der Waals surface area contributed by atoms with Crippen molar-refractivity contribution in [3.8, 4) is 5.88 Å². The van der Waals surface area contributed by atoms with Gasteiger partial charge in [-0.2, -0.15) is 0 Å². The summed E-state index contributed by atoms with van der Waals surface area (Å²) >= 11 is 0. The highest BCUT2D eigenvalue weighted by Gasteiger charge is 2.09. The van der Waals surface area contributed by atoms with Crippen LogP contribution in [0.1, 0.15) is 26.5 Å². The smallest absolute Gasteiger partial charge is 0.232 e. The van der Waals surface area contributed by atoms with Crippen molar-refractivity contribution in [1.82, 2.24) is 9.97 Å². The molecule has 0 aliphatic carbocycles. The molecule has 1 rings (SSSR count). The molecule has 0 radical (unpaired) electrons. The van der Waals surface area contributed by atoms with Gasteiger partial charge in [0.2, 0.25) is 5.88 Å². The van der Waals surface area contributed by atoms with Crippen LogP contribution < -0.4 is 10.5 Å². The number of ether oxygens (including phenoxy) is 2. The van der Waals surface area contributed by atoms with E-state index in [2.05, 4.69) is 9.97 Å². The fourth-order valence-electron chi connectivity index (χ4n) is 1.05. The Balaban J connectivity index is 2.32. The normalized spacial score (nSPS) is 11.5. The Bertz CT molecular complexity index is 323. The summed E-state index contributed by atoms with van der Waals surface area (Å²) in [6.07, 6.45) is 3.19. The van der Waals surface area contributed by atoms with Crippen LogP contribution in [0.4, 0.5) is 0 Å². The molecule has 0 bridgehead atoms. The Morgan fingerprint density at radius 3 is 2.62 bits per heavy atom. The predicted molar refractivity (Wildman–Crippen MR) is 61.1 cm³/mol. The highest BCUT2D eigenvalue weighted by Crippen LogP contribution is 2.07. The maximum atomic E-state index is 5.51. The summed E-state index contributed by atoms with van der Waals surface area (Å²) in [6, 6.07) is 0. The van der Waals surface area contributed by atoms with Crippen molar-refractivity contribution in [2.75, 3.05) is 13.2 Å². The Hall–Kier alpha value is -1.20. The molecule has 5 nitrogen and oxygen atoms in total. The van der Waals surface area contributed by atoms with Crippen molar-refractivity contribution < 1.29 is 9.47 Å². The van der Waals surface area contributed by atoms with Gasteiger partial charge in [-0.1, -0.05) is 0 Å². The molecule has 0 aliphatic heterocycles. The molecule has 5 heteroatoms. The van der Waals surface area contributed by atoms with E-state index < -0.39 is 0 Å². The zero-order valence-corrected chi connectivity index (χ0v) is 10.1. The van der Waals surface area contributed by atoms with Gasteiger partial charge in [0.15, 0.2) is 0 Å². The maximum Gasteiger partial charge on any atom is 0.232 e. The van der Waals surface area contributed by atoms with Crippen LogP contribution in [0.2, 0.25) is 0 Å². The van der Waals surface area contributed by atoms with E-state index in [1.165, 1.54) is 0 Å². The van der Waals surface area contributed by atoms with E-state index in [9.17, 15) is 0 Å². The fraction of sp³-hybridized carbons (Fsp3) is 0.636. The fourth-order valence-corrected chi connectivity index (χ4v) is 1.05. The predicted octanol–water partition coefficient (Wildman–Crippen LogP) is 1.13. The summed E-state index contributed by atoms with van der Waals surface area (Å²) in [7, 11) is 0. The van der Waals surface area contributed by atoms with Gasteiger partial charge in [-0.25, -0.2) is 4.98 Å². The van der Waals surface area contributed by atoms with E-state index in [-0.39, 0.29) is 5.60 Å². The van der Waals surface area contributed by atoms with Crippen LogP contribution in [-0.4, -0.2) is 28.8 Å². The zero-order chi connectivity index (χ0) is 12.0.